The highest BCUT2D eigenvalue weighted by Gasteiger charge is 2.24. The van der Waals surface area contributed by atoms with Crippen LogP contribution in [0.2, 0.25) is 0 Å². The van der Waals surface area contributed by atoms with E-state index in [1.807, 2.05) is 23.5 Å². The van der Waals surface area contributed by atoms with E-state index in [1.54, 1.807) is 6.33 Å². The lowest BCUT2D eigenvalue weighted by molar-refractivity contribution is 0.115. The summed E-state index contributed by atoms with van der Waals surface area (Å²) in [6.07, 6.45) is 3.73. The predicted molar refractivity (Wildman–Crippen MR) is 69.6 cm³/mol. The summed E-state index contributed by atoms with van der Waals surface area (Å²) in [6, 6.07) is 6.04. The zero-order valence-corrected chi connectivity index (χ0v) is 10.5. The molecule has 1 N–H and O–H groups in total. The minimum Gasteiger partial charge on any atom is -0.393 e. The molecule has 0 spiro atoms. The van der Waals surface area contributed by atoms with E-state index in [-0.39, 0.29) is 6.10 Å². The summed E-state index contributed by atoms with van der Waals surface area (Å²) < 4.78 is 2.00. The largest absolute Gasteiger partial charge is 0.393 e. The summed E-state index contributed by atoms with van der Waals surface area (Å²) in [5, 5.41) is 17.8. The molecular formula is C13H18N4O. The van der Waals surface area contributed by atoms with E-state index in [9.17, 15) is 5.11 Å². The molecule has 0 aliphatic carbocycles. The molecule has 2 aromatic rings. The molecule has 0 aromatic carbocycles. The molecular weight excluding hydrogens is 228 g/mol. The van der Waals surface area contributed by atoms with Crippen molar-refractivity contribution in [3.05, 3.63) is 24.5 Å². The van der Waals surface area contributed by atoms with Crippen LogP contribution in [0.15, 0.2) is 24.5 Å². The molecule has 3 rings (SSSR count). The third kappa shape index (κ3) is 1.95. The normalized spacial score (nSPS) is 22.3. The number of aliphatic hydroxyl groups is 1. The first kappa shape index (κ1) is 11.5. The molecule has 1 fully saturated rings. The van der Waals surface area contributed by atoms with Gasteiger partial charge in [-0.1, -0.05) is 6.07 Å². The number of rotatable bonds is 2. The fraction of sp³-hybridized carbons (Fsp3) is 0.538. The number of nitrogens with zero attached hydrogens (tertiary/aromatic N) is 4. The smallest absolute Gasteiger partial charge is 0.162 e. The average Bonchev–Trinajstić information content (AvgIpc) is 2.87. The van der Waals surface area contributed by atoms with Crippen molar-refractivity contribution < 1.29 is 5.11 Å². The SMILES string of the molecule is CC(O)C1CCCN(c2cccc3nncn23)C1. The summed E-state index contributed by atoms with van der Waals surface area (Å²) in [5.74, 6) is 1.47. The lowest BCUT2D eigenvalue weighted by Gasteiger charge is -2.35. The molecule has 0 radical (unpaired) electrons. The summed E-state index contributed by atoms with van der Waals surface area (Å²) in [7, 11) is 0. The zero-order valence-electron chi connectivity index (χ0n) is 10.5. The van der Waals surface area contributed by atoms with Crippen molar-refractivity contribution in [1.82, 2.24) is 14.6 Å². The first-order valence-corrected chi connectivity index (χ1v) is 6.47. The molecule has 3 heterocycles. The Morgan fingerprint density at radius 2 is 2.33 bits per heavy atom. The number of hydrogen-bond donors (Lipinski definition) is 1. The molecule has 18 heavy (non-hydrogen) atoms. The third-order valence-electron chi connectivity index (χ3n) is 3.78. The van der Waals surface area contributed by atoms with Gasteiger partial charge in [-0.05, 0) is 31.9 Å². The van der Waals surface area contributed by atoms with Gasteiger partial charge in [0.2, 0.25) is 0 Å². The van der Waals surface area contributed by atoms with E-state index in [2.05, 4.69) is 21.2 Å². The second-order valence-corrected chi connectivity index (χ2v) is 5.03. The van der Waals surface area contributed by atoms with Crippen LogP contribution in [0.3, 0.4) is 0 Å². The van der Waals surface area contributed by atoms with Gasteiger partial charge < -0.3 is 10.0 Å². The second kappa shape index (κ2) is 4.57. The van der Waals surface area contributed by atoms with Gasteiger partial charge in [0.05, 0.1) is 6.10 Å². The fourth-order valence-corrected chi connectivity index (χ4v) is 2.70. The quantitative estimate of drug-likeness (QED) is 0.868. The Balaban J connectivity index is 1.92. The van der Waals surface area contributed by atoms with Crippen LogP contribution in [0.25, 0.3) is 5.65 Å². The van der Waals surface area contributed by atoms with Gasteiger partial charge in [0, 0.05) is 19.0 Å². The van der Waals surface area contributed by atoms with E-state index in [0.717, 1.165) is 37.4 Å². The van der Waals surface area contributed by atoms with E-state index < -0.39 is 0 Å². The number of anilines is 1. The number of aromatic nitrogens is 3. The van der Waals surface area contributed by atoms with Crippen molar-refractivity contribution >= 4 is 11.5 Å². The molecule has 2 atom stereocenters. The highest BCUT2D eigenvalue weighted by molar-refractivity contribution is 5.50. The summed E-state index contributed by atoms with van der Waals surface area (Å²) in [4.78, 5) is 2.32. The lowest BCUT2D eigenvalue weighted by atomic mass is 9.93. The standard InChI is InChI=1S/C13H18N4O/c1-10(18)11-4-3-7-16(8-11)13-6-2-5-12-15-14-9-17(12)13/h2,5-6,9-11,18H,3-4,7-8H2,1H3. The molecule has 5 heteroatoms. The zero-order chi connectivity index (χ0) is 12.5. The van der Waals surface area contributed by atoms with Gasteiger partial charge in [0.1, 0.15) is 12.1 Å². The maximum atomic E-state index is 9.76. The van der Waals surface area contributed by atoms with Gasteiger partial charge in [0.15, 0.2) is 5.65 Å². The maximum Gasteiger partial charge on any atom is 0.162 e. The minimum absolute atomic E-state index is 0.243. The second-order valence-electron chi connectivity index (χ2n) is 5.03. The number of piperidine rings is 1. The molecule has 1 saturated heterocycles. The molecule has 2 unspecified atom stereocenters. The molecule has 5 nitrogen and oxygen atoms in total. The Morgan fingerprint density at radius 1 is 1.44 bits per heavy atom. The average molecular weight is 246 g/mol. The van der Waals surface area contributed by atoms with Crippen LogP contribution in [0.1, 0.15) is 19.8 Å². The lowest BCUT2D eigenvalue weighted by Crippen LogP contribution is -2.40. The number of hydrogen-bond acceptors (Lipinski definition) is 4. The molecule has 0 bridgehead atoms. The Hall–Kier alpha value is -1.62. The fourth-order valence-electron chi connectivity index (χ4n) is 2.70. The molecule has 0 amide bonds. The Kier molecular flexibility index (Phi) is 2.91. The van der Waals surface area contributed by atoms with Gasteiger partial charge >= 0.3 is 0 Å². The summed E-state index contributed by atoms with van der Waals surface area (Å²) >= 11 is 0. The van der Waals surface area contributed by atoms with Gasteiger partial charge in [-0.25, -0.2) is 0 Å². The Bertz CT molecular complexity index is 537. The van der Waals surface area contributed by atoms with Crippen LogP contribution < -0.4 is 4.90 Å². The van der Waals surface area contributed by atoms with Crippen molar-refractivity contribution in [3.63, 3.8) is 0 Å². The summed E-state index contributed by atoms with van der Waals surface area (Å²) in [5.41, 5.74) is 0.867. The van der Waals surface area contributed by atoms with Crippen molar-refractivity contribution in [1.29, 1.82) is 0 Å². The summed E-state index contributed by atoms with van der Waals surface area (Å²) in [6.45, 7) is 3.81. The van der Waals surface area contributed by atoms with E-state index in [0.29, 0.717) is 5.92 Å². The highest BCUT2D eigenvalue weighted by Crippen LogP contribution is 2.25. The first-order chi connectivity index (χ1) is 8.75. The van der Waals surface area contributed by atoms with Gasteiger partial charge in [-0.3, -0.25) is 4.40 Å². The molecule has 1 aliphatic heterocycles. The molecule has 2 aromatic heterocycles. The number of pyridine rings is 1. The van der Waals surface area contributed by atoms with Gasteiger partial charge in [-0.15, -0.1) is 10.2 Å². The Morgan fingerprint density at radius 3 is 3.17 bits per heavy atom. The number of aliphatic hydroxyl groups excluding tert-OH is 1. The molecule has 96 valence electrons. The van der Waals surface area contributed by atoms with E-state index in [4.69, 9.17) is 0 Å². The van der Waals surface area contributed by atoms with Crippen LogP contribution in [0.4, 0.5) is 5.82 Å². The van der Waals surface area contributed by atoms with Crippen LogP contribution in [0, 0.1) is 5.92 Å². The first-order valence-electron chi connectivity index (χ1n) is 6.47. The maximum absolute atomic E-state index is 9.76. The van der Waals surface area contributed by atoms with E-state index >= 15 is 0 Å². The monoisotopic (exact) mass is 246 g/mol. The van der Waals surface area contributed by atoms with Crippen molar-refractivity contribution in [3.8, 4) is 0 Å². The molecule has 1 aliphatic rings. The molecule has 0 saturated carbocycles. The highest BCUT2D eigenvalue weighted by atomic mass is 16.3. The van der Waals surface area contributed by atoms with Gasteiger partial charge in [0.25, 0.3) is 0 Å². The van der Waals surface area contributed by atoms with Crippen LogP contribution in [-0.4, -0.2) is 38.9 Å². The van der Waals surface area contributed by atoms with Gasteiger partial charge in [-0.2, -0.15) is 0 Å². The van der Waals surface area contributed by atoms with Crippen molar-refractivity contribution in [2.24, 2.45) is 5.92 Å². The Labute approximate surface area is 106 Å². The van der Waals surface area contributed by atoms with E-state index in [1.165, 1.54) is 0 Å². The predicted octanol–water partition coefficient (Wildman–Crippen LogP) is 1.33. The van der Waals surface area contributed by atoms with Crippen molar-refractivity contribution in [2.75, 3.05) is 18.0 Å². The minimum atomic E-state index is -0.243. The third-order valence-corrected chi connectivity index (χ3v) is 3.78. The van der Waals surface area contributed by atoms with Crippen LogP contribution >= 0.6 is 0 Å². The van der Waals surface area contributed by atoms with Crippen molar-refractivity contribution in [2.45, 2.75) is 25.9 Å². The van der Waals surface area contributed by atoms with Crippen LogP contribution in [-0.2, 0) is 0 Å². The topological polar surface area (TPSA) is 53.7 Å². The number of fused-ring (bicyclic) bond motifs is 1. The van der Waals surface area contributed by atoms with Crippen LogP contribution in [0.5, 0.6) is 0 Å².